The number of halogens is 1. The normalized spacial score (nSPS) is 9.21. The lowest BCUT2D eigenvalue weighted by Gasteiger charge is -2.06. The molecule has 0 unspecified atom stereocenters. The van der Waals surface area contributed by atoms with Crippen molar-refractivity contribution in [3.63, 3.8) is 0 Å². The minimum Gasteiger partial charge on any atom is -0.492 e. The summed E-state index contributed by atoms with van der Waals surface area (Å²) in [4.78, 5) is 10.7. The first-order valence-corrected chi connectivity index (χ1v) is 3.68. The van der Waals surface area contributed by atoms with E-state index in [-0.39, 0.29) is 16.9 Å². The van der Waals surface area contributed by atoms with Gasteiger partial charge in [0.05, 0.1) is 18.2 Å². The number of rotatable bonds is 2. The number of carbonyl (C=O) groups excluding carboxylic acids is 1. The number of primary amides is 1. The summed E-state index contributed by atoms with van der Waals surface area (Å²) >= 11 is 0. The molecular weight excluding hydrogens is 187 g/mol. The van der Waals surface area contributed by atoms with Crippen molar-refractivity contribution in [2.24, 2.45) is 5.73 Å². The predicted molar refractivity (Wildman–Crippen MR) is 46.2 cm³/mol. The molecule has 0 saturated heterocycles. The topological polar surface area (TPSA) is 76.1 Å². The Kier molecular flexibility index (Phi) is 2.67. The minimum atomic E-state index is -0.904. The van der Waals surface area contributed by atoms with Crippen molar-refractivity contribution in [2.75, 3.05) is 7.11 Å². The molecule has 0 aliphatic heterocycles. The van der Waals surface area contributed by atoms with Crippen molar-refractivity contribution in [3.05, 3.63) is 29.1 Å². The van der Waals surface area contributed by atoms with Gasteiger partial charge in [-0.1, -0.05) is 0 Å². The van der Waals surface area contributed by atoms with Gasteiger partial charge in [0, 0.05) is 0 Å². The van der Waals surface area contributed by atoms with Crippen LogP contribution in [-0.2, 0) is 0 Å². The Bertz CT molecular complexity index is 424. The second-order valence-corrected chi connectivity index (χ2v) is 2.48. The molecule has 1 aromatic carbocycles. The van der Waals surface area contributed by atoms with Crippen molar-refractivity contribution in [3.8, 4) is 11.8 Å². The maximum absolute atomic E-state index is 13.4. The molecule has 1 aromatic rings. The van der Waals surface area contributed by atoms with E-state index in [9.17, 15) is 9.18 Å². The van der Waals surface area contributed by atoms with Crippen LogP contribution in [0.3, 0.4) is 0 Å². The minimum absolute atomic E-state index is 0.0231. The first-order chi connectivity index (χ1) is 6.61. The van der Waals surface area contributed by atoms with Gasteiger partial charge in [-0.3, -0.25) is 4.79 Å². The third kappa shape index (κ3) is 1.50. The molecule has 1 rings (SSSR count). The number of carbonyl (C=O) groups is 1. The van der Waals surface area contributed by atoms with Gasteiger partial charge in [-0.15, -0.1) is 0 Å². The lowest BCUT2D eigenvalue weighted by Crippen LogP contribution is -2.14. The van der Waals surface area contributed by atoms with Crippen molar-refractivity contribution < 1.29 is 13.9 Å². The Hall–Kier alpha value is -2.09. The van der Waals surface area contributed by atoms with E-state index in [2.05, 4.69) is 4.74 Å². The van der Waals surface area contributed by atoms with E-state index in [0.717, 1.165) is 6.07 Å². The number of nitriles is 1. The highest BCUT2D eigenvalue weighted by atomic mass is 19.1. The molecule has 5 heteroatoms. The molecule has 0 fully saturated rings. The molecule has 72 valence electrons. The Morgan fingerprint density at radius 2 is 2.29 bits per heavy atom. The maximum atomic E-state index is 13.4. The van der Waals surface area contributed by atoms with Crippen molar-refractivity contribution in [1.29, 1.82) is 5.26 Å². The van der Waals surface area contributed by atoms with Crippen molar-refractivity contribution >= 4 is 5.91 Å². The summed E-state index contributed by atoms with van der Waals surface area (Å²) in [5.74, 6) is -2.06. The summed E-state index contributed by atoms with van der Waals surface area (Å²) in [5.41, 5.74) is 4.64. The van der Waals surface area contributed by atoms with Gasteiger partial charge in [-0.2, -0.15) is 5.26 Å². The lowest BCUT2D eigenvalue weighted by atomic mass is 10.1. The van der Waals surface area contributed by atoms with Crippen LogP contribution in [0.2, 0.25) is 0 Å². The number of nitrogens with zero attached hydrogens (tertiary/aromatic N) is 1. The van der Waals surface area contributed by atoms with E-state index in [1.807, 2.05) is 0 Å². The van der Waals surface area contributed by atoms with Crippen LogP contribution < -0.4 is 10.5 Å². The highest BCUT2D eigenvalue weighted by Crippen LogP contribution is 2.24. The number of ether oxygens (including phenoxy) is 1. The SMILES string of the molecule is COc1c(C#N)ccc(C(N)=O)c1F. The Morgan fingerprint density at radius 3 is 2.71 bits per heavy atom. The Morgan fingerprint density at radius 1 is 1.64 bits per heavy atom. The molecule has 2 N–H and O–H groups in total. The average Bonchev–Trinajstić information content (AvgIpc) is 2.16. The smallest absolute Gasteiger partial charge is 0.251 e. The number of hydrogen-bond donors (Lipinski definition) is 1. The second-order valence-electron chi connectivity index (χ2n) is 2.48. The van der Waals surface area contributed by atoms with Gasteiger partial charge in [-0.25, -0.2) is 4.39 Å². The molecule has 0 radical (unpaired) electrons. The van der Waals surface area contributed by atoms with Gasteiger partial charge in [0.15, 0.2) is 11.6 Å². The predicted octanol–water partition coefficient (Wildman–Crippen LogP) is 0.805. The summed E-state index contributed by atoms with van der Waals surface area (Å²) in [6, 6.07) is 4.17. The fourth-order valence-electron chi connectivity index (χ4n) is 1.03. The van der Waals surface area contributed by atoms with Crippen molar-refractivity contribution in [2.45, 2.75) is 0 Å². The second kappa shape index (κ2) is 3.75. The van der Waals surface area contributed by atoms with Crippen molar-refractivity contribution in [1.82, 2.24) is 0 Å². The molecule has 0 saturated carbocycles. The Labute approximate surface area is 79.7 Å². The van der Waals surface area contributed by atoms with E-state index < -0.39 is 11.7 Å². The van der Waals surface area contributed by atoms with Crippen LogP contribution in [0, 0.1) is 17.1 Å². The first kappa shape index (κ1) is 9.99. The first-order valence-electron chi connectivity index (χ1n) is 3.68. The summed E-state index contributed by atoms with van der Waals surface area (Å²) in [6.07, 6.45) is 0. The van der Waals surface area contributed by atoms with Gasteiger partial charge in [0.25, 0.3) is 5.91 Å². The molecule has 0 atom stereocenters. The molecule has 0 aliphatic rings. The summed E-state index contributed by atoms with van der Waals surface area (Å²) in [6.45, 7) is 0. The molecule has 0 aromatic heterocycles. The molecule has 0 aliphatic carbocycles. The summed E-state index contributed by atoms with van der Waals surface area (Å²) in [5, 5.41) is 8.59. The van der Waals surface area contributed by atoms with E-state index >= 15 is 0 Å². The molecule has 0 bridgehead atoms. The summed E-state index contributed by atoms with van der Waals surface area (Å²) < 4.78 is 18.0. The zero-order chi connectivity index (χ0) is 10.7. The highest BCUT2D eigenvalue weighted by Gasteiger charge is 2.16. The average molecular weight is 194 g/mol. The zero-order valence-electron chi connectivity index (χ0n) is 7.37. The van der Waals surface area contributed by atoms with Gasteiger partial charge < -0.3 is 10.5 Å². The monoisotopic (exact) mass is 194 g/mol. The van der Waals surface area contributed by atoms with Crippen LogP contribution in [0.5, 0.6) is 5.75 Å². The Balaban J connectivity index is 3.44. The van der Waals surface area contributed by atoms with Crippen LogP contribution in [0.1, 0.15) is 15.9 Å². The quantitative estimate of drug-likeness (QED) is 0.756. The lowest BCUT2D eigenvalue weighted by molar-refractivity contribution is 0.0995. The standard InChI is InChI=1S/C9H7FN2O2/c1-14-8-5(4-11)2-3-6(7(8)10)9(12)13/h2-3H,1H3,(H2,12,13). The van der Waals surface area contributed by atoms with Gasteiger partial charge >= 0.3 is 0 Å². The number of benzene rings is 1. The number of amides is 1. The molecule has 1 amide bonds. The summed E-state index contributed by atoms with van der Waals surface area (Å²) in [7, 11) is 1.21. The molecule has 4 nitrogen and oxygen atoms in total. The fraction of sp³-hybridized carbons (Fsp3) is 0.111. The van der Waals surface area contributed by atoms with Gasteiger partial charge in [0.2, 0.25) is 0 Å². The van der Waals surface area contributed by atoms with Crippen LogP contribution in [0.25, 0.3) is 0 Å². The molecule has 0 spiro atoms. The fourth-order valence-corrected chi connectivity index (χ4v) is 1.03. The third-order valence-electron chi connectivity index (χ3n) is 1.69. The van der Waals surface area contributed by atoms with Crippen LogP contribution in [-0.4, -0.2) is 13.0 Å². The van der Waals surface area contributed by atoms with Crippen LogP contribution >= 0.6 is 0 Å². The third-order valence-corrected chi connectivity index (χ3v) is 1.69. The highest BCUT2D eigenvalue weighted by molar-refractivity contribution is 5.93. The van der Waals surface area contributed by atoms with E-state index in [1.165, 1.54) is 13.2 Å². The number of hydrogen-bond acceptors (Lipinski definition) is 3. The molecule has 0 heterocycles. The molecular formula is C9H7FN2O2. The van der Waals surface area contributed by atoms with Crippen LogP contribution in [0.15, 0.2) is 12.1 Å². The van der Waals surface area contributed by atoms with Gasteiger partial charge in [-0.05, 0) is 12.1 Å². The zero-order valence-corrected chi connectivity index (χ0v) is 7.37. The largest absolute Gasteiger partial charge is 0.492 e. The van der Waals surface area contributed by atoms with Gasteiger partial charge in [0.1, 0.15) is 6.07 Å². The maximum Gasteiger partial charge on any atom is 0.251 e. The van der Waals surface area contributed by atoms with E-state index in [0.29, 0.717) is 0 Å². The number of methoxy groups -OCH3 is 1. The van der Waals surface area contributed by atoms with Crippen LogP contribution in [0.4, 0.5) is 4.39 Å². The number of nitrogens with two attached hydrogens (primary N) is 1. The molecule has 14 heavy (non-hydrogen) atoms. The van der Waals surface area contributed by atoms with E-state index in [4.69, 9.17) is 11.0 Å². The van der Waals surface area contributed by atoms with E-state index in [1.54, 1.807) is 6.07 Å².